The molecule has 0 spiro atoms. The highest BCUT2D eigenvalue weighted by Gasteiger charge is 2.23. The van der Waals surface area contributed by atoms with E-state index in [1.54, 1.807) is 21.8 Å². The van der Waals surface area contributed by atoms with Crippen molar-refractivity contribution in [1.82, 2.24) is 19.6 Å². The first kappa shape index (κ1) is 13.3. The van der Waals surface area contributed by atoms with Crippen molar-refractivity contribution < 1.29 is 9.90 Å². The zero-order valence-corrected chi connectivity index (χ0v) is 11.6. The van der Waals surface area contributed by atoms with Crippen LogP contribution in [-0.4, -0.2) is 30.6 Å². The van der Waals surface area contributed by atoms with Crippen LogP contribution in [0.2, 0.25) is 0 Å². The summed E-state index contributed by atoms with van der Waals surface area (Å²) in [6.45, 7) is 8.64. The van der Waals surface area contributed by atoms with Gasteiger partial charge >= 0.3 is 5.97 Å². The van der Waals surface area contributed by atoms with E-state index < -0.39 is 5.97 Å². The van der Waals surface area contributed by atoms with Gasteiger partial charge in [0.2, 0.25) is 0 Å². The van der Waals surface area contributed by atoms with Crippen molar-refractivity contribution in [2.24, 2.45) is 0 Å². The summed E-state index contributed by atoms with van der Waals surface area (Å²) in [5.41, 5.74) is 1.12. The van der Waals surface area contributed by atoms with Gasteiger partial charge in [-0.05, 0) is 27.7 Å². The first-order chi connectivity index (χ1) is 8.82. The SMILES string of the molecule is CCn1cc(-c2nn(C(C)(C)C)cc2C(=O)O)cn1. The van der Waals surface area contributed by atoms with Crippen LogP contribution in [0.4, 0.5) is 0 Å². The molecular weight excluding hydrogens is 244 g/mol. The smallest absolute Gasteiger partial charge is 0.339 e. The van der Waals surface area contributed by atoms with Crippen LogP contribution in [0.1, 0.15) is 38.1 Å². The second kappa shape index (κ2) is 4.53. The molecule has 0 fully saturated rings. The van der Waals surface area contributed by atoms with Crippen molar-refractivity contribution in [3.05, 3.63) is 24.2 Å². The highest BCUT2D eigenvalue weighted by Crippen LogP contribution is 2.24. The third-order valence-electron chi connectivity index (χ3n) is 2.86. The Hall–Kier alpha value is -2.11. The zero-order valence-electron chi connectivity index (χ0n) is 11.6. The van der Waals surface area contributed by atoms with Crippen LogP contribution in [0.3, 0.4) is 0 Å². The fourth-order valence-electron chi connectivity index (χ4n) is 1.75. The molecule has 0 atom stereocenters. The number of nitrogens with zero attached hydrogens (tertiary/aromatic N) is 4. The molecule has 0 radical (unpaired) electrons. The molecule has 1 N–H and O–H groups in total. The van der Waals surface area contributed by atoms with Gasteiger partial charge in [-0.1, -0.05) is 0 Å². The number of carboxylic acid groups (broad SMARTS) is 1. The molecule has 0 aliphatic carbocycles. The Labute approximate surface area is 111 Å². The highest BCUT2D eigenvalue weighted by molar-refractivity contribution is 5.94. The van der Waals surface area contributed by atoms with Crippen LogP contribution < -0.4 is 0 Å². The maximum Gasteiger partial charge on any atom is 0.339 e. The van der Waals surface area contributed by atoms with Gasteiger partial charge in [-0.15, -0.1) is 0 Å². The quantitative estimate of drug-likeness (QED) is 0.920. The molecule has 2 aromatic rings. The van der Waals surface area contributed by atoms with Crippen LogP contribution >= 0.6 is 0 Å². The van der Waals surface area contributed by atoms with Crippen molar-refractivity contribution in [2.45, 2.75) is 39.8 Å². The molecule has 19 heavy (non-hydrogen) atoms. The van der Waals surface area contributed by atoms with Gasteiger partial charge in [-0.2, -0.15) is 10.2 Å². The van der Waals surface area contributed by atoms with Crippen LogP contribution in [-0.2, 0) is 12.1 Å². The number of aryl methyl sites for hydroxylation is 1. The Morgan fingerprint density at radius 2 is 2.05 bits per heavy atom. The Bertz CT molecular complexity index is 604. The largest absolute Gasteiger partial charge is 0.478 e. The lowest BCUT2D eigenvalue weighted by Crippen LogP contribution is -2.22. The number of hydrogen-bond donors (Lipinski definition) is 1. The summed E-state index contributed by atoms with van der Waals surface area (Å²) in [5, 5.41) is 17.8. The Morgan fingerprint density at radius 1 is 1.37 bits per heavy atom. The third kappa shape index (κ3) is 2.52. The predicted octanol–water partition coefficient (Wildman–Crippen LogP) is 2.22. The predicted molar refractivity (Wildman–Crippen MR) is 71.1 cm³/mol. The molecule has 0 saturated carbocycles. The number of aromatic nitrogens is 4. The molecular formula is C13H18N4O2. The van der Waals surface area contributed by atoms with Gasteiger partial charge in [0.05, 0.1) is 11.7 Å². The molecule has 0 saturated heterocycles. The Morgan fingerprint density at radius 3 is 2.53 bits per heavy atom. The number of hydrogen-bond acceptors (Lipinski definition) is 3. The van der Waals surface area contributed by atoms with E-state index in [4.69, 9.17) is 0 Å². The second-order valence-electron chi connectivity index (χ2n) is 5.40. The van der Waals surface area contributed by atoms with E-state index in [0.717, 1.165) is 12.1 Å². The normalized spacial score (nSPS) is 11.8. The molecule has 2 rings (SSSR count). The minimum atomic E-state index is -0.977. The first-order valence-electron chi connectivity index (χ1n) is 6.19. The van der Waals surface area contributed by atoms with Crippen molar-refractivity contribution in [3.8, 4) is 11.3 Å². The maximum absolute atomic E-state index is 11.3. The molecule has 0 aromatic carbocycles. The minimum absolute atomic E-state index is 0.200. The summed E-state index contributed by atoms with van der Waals surface area (Å²) in [7, 11) is 0. The van der Waals surface area contributed by atoms with Gasteiger partial charge in [0, 0.05) is 24.5 Å². The molecule has 0 aliphatic rings. The average molecular weight is 262 g/mol. The molecule has 0 bridgehead atoms. The van der Waals surface area contributed by atoms with E-state index >= 15 is 0 Å². The number of rotatable bonds is 3. The lowest BCUT2D eigenvalue weighted by atomic mass is 10.1. The van der Waals surface area contributed by atoms with Crippen molar-refractivity contribution in [2.75, 3.05) is 0 Å². The first-order valence-corrected chi connectivity index (χ1v) is 6.19. The van der Waals surface area contributed by atoms with Gasteiger partial charge in [0.25, 0.3) is 0 Å². The van der Waals surface area contributed by atoms with E-state index in [-0.39, 0.29) is 11.1 Å². The van der Waals surface area contributed by atoms with E-state index in [9.17, 15) is 9.90 Å². The summed E-state index contributed by atoms with van der Waals surface area (Å²) in [4.78, 5) is 11.3. The van der Waals surface area contributed by atoms with Gasteiger partial charge in [-0.3, -0.25) is 9.36 Å². The van der Waals surface area contributed by atoms with Gasteiger partial charge in [-0.25, -0.2) is 4.79 Å². The van der Waals surface area contributed by atoms with Crippen molar-refractivity contribution in [1.29, 1.82) is 0 Å². The van der Waals surface area contributed by atoms with Crippen molar-refractivity contribution in [3.63, 3.8) is 0 Å². The molecule has 6 nitrogen and oxygen atoms in total. The summed E-state index contributed by atoms with van der Waals surface area (Å²) in [6.07, 6.45) is 5.02. The number of carbonyl (C=O) groups is 1. The summed E-state index contributed by atoms with van der Waals surface area (Å²) >= 11 is 0. The van der Waals surface area contributed by atoms with E-state index in [1.807, 2.05) is 33.9 Å². The Balaban J connectivity index is 2.55. The summed E-state index contributed by atoms with van der Waals surface area (Å²) < 4.78 is 3.42. The fourth-order valence-corrected chi connectivity index (χ4v) is 1.75. The molecule has 0 amide bonds. The molecule has 2 heterocycles. The average Bonchev–Trinajstić information content (AvgIpc) is 2.94. The monoisotopic (exact) mass is 262 g/mol. The molecule has 102 valence electrons. The van der Waals surface area contributed by atoms with Gasteiger partial charge in [0.1, 0.15) is 11.3 Å². The van der Waals surface area contributed by atoms with Gasteiger partial charge in [0.15, 0.2) is 0 Å². The van der Waals surface area contributed by atoms with Crippen molar-refractivity contribution >= 4 is 5.97 Å². The zero-order chi connectivity index (χ0) is 14.2. The second-order valence-corrected chi connectivity index (χ2v) is 5.40. The molecule has 0 unspecified atom stereocenters. The Kier molecular flexibility index (Phi) is 3.18. The molecule has 0 aliphatic heterocycles. The van der Waals surface area contributed by atoms with Crippen LogP contribution in [0.15, 0.2) is 18.6 Å². The van der Waals surface area contributed by atoms with E-state index in [2.05, 4.69) is 10.2 Å². The lowest BCUT2D eigenvalue weighted by Gasteiger charge is -2.18. The number of carboxylic acids is 1. The fraction of sp³-hybridized carbons (Fsp3) is 0.462. The summed E-state index contributed by atoms with van der Waals surface area (Å²) in [6, 6.07) is 0. The topological polar surface area (TPSA) is 72.9 Å². The van der Waals surface area contributed by atoms with Crippen LogP contribution in [0.25, 0.3) is 11.3 Å². The molecule has 6 heteroatoms. The summed E-state index contributed by atoms with van der Waals surface area (Å²) in [5.74, 6) is -0.977. The van der Waals surface area contributed by atoms with Crippen LogP contribution in [0, 0.1) is 0 Å². The molecule has 2 aromatic heterocycles. The standard InChI is InChI=1S/C13H18N4O2/c1-5-16-7-9(6-14-16)11-10(12(18)19)8-17(15-11)13(2,3)4/h6-8H,5H2,1-4H3,(H,18,19). The van der Waals surface area contributed by atoms with Crippen LogP contribution in [0.5, 0.6) is 0 Å². The third-order valence-corrected chi connectivity index (χ3v) is 2.86. The number of aromatic carboxylic acids is 1. The lowest BCUT2D eigenvalue weighted by molar-refractivity contribution is 0.0697. The van der Waals surface area contributed by atoms with E-state index in [0.29, 0.717) is 5.69 Å². The highest BCUT2D eigenvalue weighted by atomic mass is 16.4. The minimum Gasteiger partial charge on any atom is -0.478 e. The van der Waals surface area contributed by atoms with Gasteiger partial charge < -0.3 is 5.11 Å². The van der Waals surface area contributed by atoms with E-state index in [1.165, 1.54) is 0 Å². The maximum atomic E-state index is 11.3.